The Morgan fingerprint density at radius 2 is 2.09 bits per heavy atom. The van der Waals surface area contributed by atoms with E-state index in [1.54, 1.807) is 7.11 Å². The van der Waals surface area contributed by atoms with E-state index >= 15 is 0 Å². The standard InChI is InChI=1S/C8H17NO2/c1-5-7(10)9-8(2,3)6-11-4/h5-6H2,1-4H3,(H,9,10). The van der Waals surface area contributed by atoms with Gasteiger partial charge in [0, 0.05) is 13.5 Å². The highest BCUT2D eigenvalue weighted by Gasteiger charge is 2.18. The van der Waals surface area contributed by atoms with Crippen molar-refractivity contribution in [3.63, 3.8) is 0 Å². The monoisotopic (exact) mass is 159 g/mol. The third kappa shape index (κ3) is 4.79. The van der Waals surface area contributed by atoms with Crippen molar-refractivity contribution >= 4 is 5.91 Å². The summed E-state index contributed by atoms with van der Waals surface area (Å²) in [5, 5.41) is 2.84. The Kier molecular flexibility index (Phi) is 4.11. The molecule has 0 bridgehead atoms. The lowest BCUT2D eigenvalue weighted by Crippen LogP contribution is -2.46. The topological polar surface area (TPSA) is 38.3 Å². The fraction of sp³-hybridized carbons (Fsp3) is 0.875. The first-order valence-electron chi connectivity index (χ1n) is 3.82. The number of amides is 1. The quantitative estimate of drug-likeness (QED) is 0.663. The predicted molar refractivity (Wildman–Crippen MR) is 44.4 cm³/mol. The van der Waals surface area contributed by atoms with Crippen LogP contribution in [-0.4, -0.2) is 25.2 Å². The molecule has 0 aliphatic heterocycles. The van der Waals surface area contributed by atoms with E-state index in [9.17, 15) is 4.79 Å². The van der Waals surface area contributed by atoms with Gasteiger partial charge < -0.3 is 10.1 Å². The molecule has 3 nitrogen and oxygen atoms in total. The van der Waals surface area contributed by atoms with Crippen LogP contribution in [0.2, 0.25) is 0 Å². The van der Waals surface area contributed by atoms with Gasteiger partial charge in [0.2, 0.25) is 5.91 Å². The van der Waals surface area contributed by atoms with Gasteiger partial charge in [-0.05, 0) is 13.8 Å². The van der Waals surface area contributed by atoms with Gasteiger partial charge in [-0.1, -0.05) is 6.92 Å². The summed E-state index contributed by atoms with van der Waals surface area (Å²) in [4.78, 5) is 10.9. The molecule has 0 aromatic carbocycles. The molecule has 0 saturated carbocycles. The second-order valence-corrected chi connectivity index (χ2v) is 3.22. The Bertz CT molecular complexity index is 132. The molecule has 1 amide bonds. The van der Waals surface area contributed by atoms with Gasteiger partial charge in [0.1, 0.15) is 0 Å². The van der Waals surface area contributed by atoms with Gasteiger partial charge in [0.15, 0.2) is 0 Å². The Morgan fingerprint density at radius 3 is 2.45 bits per heavy atom. The van der Waals surface area contributed by atoms with Crippen molar-refractivity contribution in [2.45, 2.75) is 32.7 Å². The van der Waals surface area contributed by atoms with Crippen molar-refractivity contribution in [1.82, 2.24) is 5.32 Å². The number of hydrogen-bond donors (Lipinski definition) is 1. The second kappa shape index (κ2) is 4.34. The summed E-state index contributed by atoms with van der Waals surface area (Å²) in [6.45, 7) is 6.24. The Balaban J connectivity index is 3.80. The first-order chi connectivity index (χ1) is 5.02. The van der Waals surface area contributed by atoms with Gasteiger partial charge >= 0.3 is 0 Å². The Labute approximate surface area is 68.1 Å². The average molecular weight is 159 g/mol. The molecule has 1 N–H and O–H groups in total. The summed E-state index contributed by atoms with van der Waals surface area (Å²) in [6, 6.07) is 0. The smallest absolute Gasteiger partial charge is 0.220 e. The number of nitrogens with one attached hydrogen (secondary N) is 1. The highest BCUT2D eigenvalue weighted by atomic mass is 16.5. The number of ether oxygens (including phenoxy) is 1. The minimum absolute atomic E-state index is 0.0621. The van der Waals surface area contributed by atoms with Gasteiger partial charge in [0.25, 0.3) is 0 Å². The first kappa shape index (κ1) is 10.4. The molecule has 66 valence electrons. The van der Waals surface area contributed by atoms with Crippen molar-refractivity contribution in [1.29, 1.82) is 0 Å². The molecule has 11 heavy (non-hydrogen) atoms. The lowest BCUT2D eigenvalue weighted by Gasteiger charge is -2.24. The maximum absolute atomic E-state index is 10.9. The predicted octanol–water partition coefficient (Wildman–Crippen LogP) is 0.938. The molecular formula is C8H17NO2. The van der Waals surface area contributed by atoms with Crippen LogP contribution in [-0.2, 0) is 9.53 Å². The molecule has 0 heterocycles. The molecule has 0 spiro atoms. The summed E-state index contributed by atoms with van der Waals surface area (Å²) < 4.78 is 4.94. The minimum atomic E-state index is -0.248. The maximum Gasteiger partial charge on any atom is 0.220 e. The van der Waals surface area contributed by atoms with Crippen molar-refractivity contribution in [2.75, 3.05) is 13.7 Å². The Morgan fingerprint density at radius 1 is 1.55 bits per heavy atom. The van der Waals surface area contributed by atoms with Crippen molar-refractivity contribution in [3.8, 4) is 0 Å². The van der Waals surface area contributed by atoms with E-state index in [-0.39, 0.29) is 11.4 Å². The summed E-state index contributed by atoms with van der Waals surface area (Å²) in [5.41, 5.74) is -0.248. The normalized spacial score (nSPS) is 11.3. The van der Waals surface area contributed by atoms with Gasteiger partial charge in [0.05, 0.1) is 12.1 Å². The van der Waals surface area contributed by atoms with Crippen molar-refractivity contribution < 1.29 is 9.53 Å². The lowest BCUT2D eigenvalue weighted by molar-refractivity contribution is -0.122. The number of hydrogen-bond acceptors (Lipinski definition) is 2. The second-order valence-electron chi connectivity index (χ2n) is 3.22. The molecule has 0 radical (unpaired) electrons. The highest BCUT2D eigenvalue weighted by molar-refractivity contribution is 5.76. The molecule has 0 aliphatic carbocycles. The van der Waals surface area contributed by atoms with Crippen LogP contribution in [0, 0.1) is 0 Å². The van der Waals surface area contributed by atoms with E-state index in [1.807, 2.05) is 20.8 Å². The van der Waals surface area contributed by atoms with Crippen LogP contribution in [0.25, 0.3) is 0 Å². The molecule has 0 aliphatic rings. The molecular weight excluding hydrogens is 142 g/mol. The van der Waals surface area contributed by atoms with E-state index in [1.165, 1.54) is 0 Å². The number of methoxy groups -OCH3 is 1. The highest BCUT2D eigenvalue weighted by Crippen LogP contribution is 2.01. The molecule has 0 unspecified atom stereocenters. The van der Waals surface area contributed by atoms with Crippen molar-refractivity contribution in [3.05, 3.63) is 0 Å². The van der Waals surface area contributed by atoms with Crippen LogP contribution >= 0.6 is 0 Å². The third-order valence-corrected chi connectivity index (χ3v) is 1.30. The van der Waals surface area contributed by atoms with Crippen LogP contribution in [0.15, 0.2) is 0 Å². The number of rotatable bonds is 4. The van der Waals surface area contributed by atoms with E-state index in [0.29, 0.717) is 13.0 Å². The molecule has 0 aromatic heterocycles. The molecule has 0 fully saturated rings. The number of carbonyl (C=O) groups excluding carboxylic acids is 1. The molecule has 3 heteroatoms. The summed E-state index contributed by atoms with van der Waals surface area (Å²) in [7, 11) is 1.62. The maximum atomic E-state index is 10.9. The van der Waals surface area contributed by atoms with Gasteiger partial charge in [-0.3, -0.25) is 4.79 Å². The van der Waals surface area contributed by atoms with E-state index in [0.717, 1.165) is 0 Å². The Hall–Kier alpha value is -0.570. The van der Waals surface area contributed by atoms with Crippen LogP contribution in [0.3, 0.4) is 0 Å². The van der Waals surface area contributed by atoms with Crippen LogP contribution in [0.5, 0.6) is 0 Å². The van der Waals surface area contributed by atoms with Crippen LogP contribution in [0.1, 0.15) is 27.2 Å². The molecule has 0 rings (SSSR count). The zero-order valence-electron chi connectivity index (χ0n) is 7.73. The van der Waals surface area contributed by atoms with Gasteiger partial charge in [-0.2, -0.15) is 0 Å². The largest absolute Gasteiger partial charge is 0.382 e. The number of carbonyl (C=O) groups is 1. The SMILES string of the molecule is CCC(=O)NC(C)(C)COC. The summed E-state index contributed by atoms with van der Waals surface area (Å²) >= 11 is 0. The van der Waals surface area contributed by atoms with Crippen LogP contribution in [0.4, 0.5) is 0 Å². The first-order valence-corrected chi connectivity index (χ1v) is 3.82. The summed E-state index contributed by atoms with van der Waals surface area (Å²) in [5.74, 6) is 0.0621. The lowest BCUT2D eigenvalue weighted by atomic mass is 10.1. The molecule has 0 saturated heterocycles. The van der Waals surface area contributed by atoms with E-state index < -0.39 is 0 Å². The van der Waals surface area contributed by atoms with Gasteiger partial charge in [-0.25, -0.2) is 0 Å². The molecule has 0 aromatic rings. The zero-order chi connectivity index (χ0) is 8.91. The fourth-order valence-corrected chi connectivity index (χ4v) is 0.863. The minimum Gasteiger partial charge on any atom is -0.382 e. The van der Waals surface area contributed by atoms with Crippen molar-refractivity contribution in [2.24, 2.45) is 0 Å². The van der Waals surface area contributed by atoms with Gasteiger partial charge in [-0.15, -0.1) is 0 Å². The summed E-state index contributed by atoms with van der Waals surface area (Å²) in [6.07, 6.45) is 0.521. The van der Waals surface area contributed by atoms with E-state index in [4.69, 9.17) is 4.74 Å². The zero-order valence-corrected chi connectivity index (χ0v) is 7.73. The van der Waals surface area contributed by atoms with E-state index in [2.05, 4.69) is 5.32 Å². The van der Waals surface area contributed by atoms with Crippen LogP contribution < -0.4 is 5.32 Å². The fourth-order valence-electron chi connectivity index (χ4n) is 0.863. The third-order valence-electron chi connectivity index (χ3n) is 1.30. The average Bonchev–Trinajstić information content (AvgIpc) is 1.86. The molecule has 0 atom stereocenters.